The molecule has 0 saturated heterocycles. The summed E-state index contributed by atoms with van der Waals surface area (Å²) in [5, 5.41) is 2.74. The number of ether oxygens (including phenoxy) is 1. The van der Waals surface area contributed by atoms with Gasteiger partial charge in [0, 0.05) is 11.3 Å². The molecule has 1 aromatic heterocycles. The van der Waals surface area contributed by atoms with Crippen LogP contribution < -0.4 is 10.9 Å². The lowest BCUT2D eigenvalue weighted by molar-refractivity contribution is -0.116. The molecule has 7 nitrogen and oxygen atoms in total. The summed E-state index contributed by atoms with van der Waals surface area (Å²) in [5.41, 5.74) is 2.41. The highest BCUT2D eigenvalue weighted by molar-refractivity contribution is 5.93. The zero-order valence-electron chi connectivity index (χ0n) is 15.7. The van der Waals surface area contributed by atoms with E-state index in [1.807, 2.05) is 0 Å². The van der Waals surface area contributed by atoms with Crippen LogP contribution in [0.15, 0.2) is 29.1 Å². The number of nitrogens with zero attached hydrogens (tertiary/aromatic N) is 2. The van der Waals surface area contributed by atoms with Crippen molar-refractivity contribution in [2.24, 2.45) is 0 Å². The van der Waals surface area contributed by atoms with Crippen molar-refractivity contribution in [3.8, 4) is 0 Å². The molecule has 0 spiro atoms. The molecule has 0 saturated carbocycles. The fourth-order valence-corrected chi connectivity index (χ4v) is 3.15. The molecule has 142 valence electrons. The zero-order valence-corrected chi connectivity index (χ0v) is 15.7. The number of aromatic nitrogens is 2. The molecule has 1 N–H and O–H groups in total. The molecule has 27 heavy (non-hydrogen) atoms. The van der Waals surface area contributed by atoms with Gasteiger partial charge in [0.15, 0.2) is 0 Å². The van der Waals surface area contributed by atoms with Crippen molar-refractivity contribution in [2.45, 2.75) is 52.7 Å². The topological polar surface area (TPSA) is 90.3 Å². The van der Waals surface area contributed by atoms with Crippen molar-refractivity contribution < 1.29 is 14.3 Å². The van der Waals surface area contributed by atoms with Gasteiger partial charge in [0.2, 0.25) is 5.91 Å². The van der Waals surface area contributed by atoms with Crippen LogP contribution in [0.1, 0.15) is 47.7 Å². The molecule has 0 radical (unpaired) electrons. The van der Waals surface area contributed by atoms with Crippen LogP contribution in [0.4, 0.5) is 5.69 Å². The van der Waals surface area contributed by atoms with E-state index in [1.54, 1.807) is 45.0 Å². The van der Waals surface area contributed by atoms with Gasteiger partial charge in [-0.15, -0.1) is 0 Å². The van der Waals surface area contributed by atoms with E-state index >= 15 is 0 Å². The van der Waals surface area contributed by atoms with Crippen molar-refractivity contribution in [2.75, 3.05) is 5.32 Å². The van der Waals surface area contributed by atoms with Gasteiger partial charge in [-0.2, -0.15) is 0 Å². The van der Waals surface area contributed by atoms with Gasteiger partial charge < -0.3 is 10.1 Å². The molecular weight excluding hydrogens is 346 g/mol. The monoisotopic (exact) mass is 369 g/mol. The second kappa shape index (κ2) is 7.73. The Balaban J connectivity index is 1.68. The Morgan fingerprint density at radius 3 is 2.59 bits per heavy atom. The van der Waals surface area contributed by atoms with Gasteiger partial charge in [-0.1, -0.05) is 0 Å². The van der Waals surface area contributed by atoms with E-state index in [9.17, 15) is 14.4 Å². The number of esters is 1. The predicted octanol–water partition coefficient (Wildman–Crippen LogP) is 2.24. The van der Waals surface area contributed by atoms with Crippen LogP contribution in [0.2, 0.25) is 0 Å². The number of hydrogen-bond acceptors (Lipinski definition) is 5. The van der Waals surface area contributed by atoms with E-state index < -0.39 is 5.97 Å². The van der Waals surface area contributed by atoms with Gasteiger partial charge in [0.05, 0.1) is 17.4 Å². The van der Waals surface area contributed by atoms with Crippen LogP contribution in [0.3, 0.4) is 0 Å². The number of amides is 1. The maximum atomic E-state index is 12.6. The number of carbonyl (C=O) groups excluding carboxylic acids is 2. The smallest absolute Gasteiger partial charge is 0.338 e. The van der Waals surface area contributed by atoms with Gasteiger partial charge in [-0.3, -0.25) is 14.2 Å². The number of nitrogens with one attached hydrogen (secondary N) is 1. The molecular formula is C20H23N3O4. The molecule has 1 aromatic carbocycles. The molecule has 1 amide bonds. The first-order valence-corrected chi connectivity index (χ1v) is 9.05. The quantitative estimate of drug-likeness (QED) is 0.817. The number of fused-ring (bicyclic) bond motifs is 1. The zero-order chi connectivity index (χ0) is 19.6. The summed E-state index contributed by atoms with van der Waals surface area (Å²) in [6.07, 6.45) is 2.28. The third-order valence-corrected chi connectivity index (χ3v) is 4.43. The summed E-state index contributed by atoms with van der Waals surface area (Å²) in [6, 6.07) is 6.44. The van der Waals surface area contributed by atoms with Crippen molar-refractivity contribution >= 4 is 17.6 Å². The Labute approximate surface area is 157 Å². The normalized spacial score (nSPS) is 12.7. The van der Waals surface area contributed by atoms with Crippen LogP contribution >= 0.6 is 0 Å². The van der Waals surface area contributed by atoms with Gasteiger partial charge in [0.1, 0.15) is 12.4 Å². The van der Waals surface area contributed by atoms with E-state index in [-0.39, 0.29) is 24.1 Å². The van der Waals surface area contributed by atoms with Crippen molar-refractivity contribution in [3.05, 3.63) is 57.3 Å². The van der Waals surface area contributed by atoms with Crippen LogP contribution in [0, 0.1) is 6.92 Å². The predicted molar refractivity (Wildman–Crippen MR) is 101 cm³/mol. The molecule has 0 aliphatic heterocycles. The average molecular weight is 369 g/mol. The molecule has 0 atom stereocenters. The first-order valence-electron chi connectivity index (χ1n) is 9.05. The van der Waals surface area contributed by atoms with E-state index in [4.69, 9.17) is 4.74 Å². The minimum Gasteiger partial charge on any atom is -0.459 e. The van der Waals surface area contributed by atoms with Crippen LogP contribution in [0.25, 0.3) is 0 Å². The lowest BCUT2D eigenvalue weighted by Crippen LogP contribution is -2.32. The highest BCUT2D eigenvalue weighted by Gasteiger charge is 2.20. The van der Waals surface area contributed by atoms with E-state index in [0.29, 0.717) is 17.1 Å². The van der Waals surface area contributed by atoms with Crippen molar-refractivity contribution in [3.63, 3.8) is 0 Å². The maximum Gasteiger partial charge on any atom is 0.338 e. The number of anilines is 1. The summed E-state index contributed by atoms with van der Waals surface area (Å²) in [5.74, 6) is -0.186. The second-order valence-electron chi connectivity index (χ2n) is 6.91. The standard InChI is InChI=1S/C20H23N3O4/c1-12(2)27-20(26)14-7-9-15(10-8-14)22-18(24)11-23-13(3)21-17-6-4-5-16(17)19(23)25/h7-10,12H,4-6,11H2,1-3H3,(H,22,24). The SMILES string of the molecule is Cc1nc2c(c(=O)n1CC(=O)Nc1ccc(C(=O)OC(C)C)cc1)CCC2. The largest absolute Gasteiger partial charge is 0.459 e. The third kappa shape index (κ3) is 4.24. The third-order valence-electron chi connectivity index (χ3n) is 4.43. The Morgan fingerprint density at radius 2 is 1.93 bits per heavy atom. The van der Waals surface area contributed by atoms with E-state index in [0.717, 1.165) is 30.5 Å². The maximum absolute atomic E-state index is 12.6. The van der Waals surface area contributed by atoms with Gasteiger partial charge in [-0.25, -0.2) is 9.78 Å². The summed E-state index contributed by atoms with van der Waals surface area (Å²) in [6.45, 7) is 5.21. The number of carbonyl (C=O) groups is 2. The number of rotatable bonds is 5. The Morgan fingerprint density at radius 1 is 1.22 bits per heavy atom. The Hall–Kier alpha value is -2.96. The molecule has 0 bridgehead atoms. The minimum absolute atomic E-state index is 0.0951. The fourth-order valence-electron chi connectivity index (χ4n) is 3.15. The average Bonchev–Trinajstić information content (AvgIpc) is 3.07. The lowest BCUT2D eigenvalue weighted by Gasteiger charge is -2.12. The minimum atomic E-state index is -0.408. The highest BCUT2D eigenvalue weighted by Crippen LogP contribution is 2.16. The fraction of sp³-hybridized carbons (Fsp3) is 0.400. The lowest BCUT2D eigenvalue weighted by atomic mass is 10.2. The Kier molecular flexibility index (Phi) is 5.39. The van der Waals surface area contributed by atoms with Crippen LogP contribution in [0.5, 0.6) is 0 Å². The van der Waals surface area contributed by atoms with E-state index in [1.165, 1.54) is 4.57 Å². The van der Waals surface area contributed by atoms with Crippen molar-refractivity contribution in [1.82, 2.24) is 9.55 Å². The second-order valence-corrected chi connectivity index (χ2v) is 6.91. The first kappa shape index (κ1) is 18.8. The van der Waals surface area contributed by atoms with Gasteiger partial charge in [-0.05, 0) is 64.3 Å². The van der Waals surface area contributed by atoms with Crippen molar-refractivity contribution in [1.29, 1.82) is 0 Å². The summed E-state index contributed by atoms with van der Waals surface area (Å²) in [7, 11) is 0. The number of benzene rings is 1. The molecule has 1 heterocycles. The highest BCUT2D eigenvalue weighted by atomic mass is 16.5. The number of hydrogen-bond donors (Lipinski definition) is 1. The number of aryl methyl sites for hydroxylation is 2. The molecule has 1 aliphatic rings. The molecule has 2 aromatic rings. The van der Waals surface area contributed by atoms with Gasteiger partial charge in [0.25, 0.3) is 5.56 Å². The summed E-state index contributed by atoms with van der Waals surface area (Å²) in [4.78, 5) is 41.2. The Bertz CT molecular complexity index is 929. The van der Waals surface area contributed by atoms with Crippen LogP contribution in [-0.2, 0) is 28.9 Å². The molecule has 7 heteroatoms. The molecule has 1 aliphatic carbocycles. The van der Waals surface area contributed by atoms with Gasteiger partial charge >= 0.3 is 5.97 Å². The molecule has 0 unspecified atom stereocenters. The summed E-state index contributed by atoms with van der Waals surface area (Å²) < 4.78 is 6.54. The van der Waals surface area contributed by atoms with Crippen LogP contribution in [-0.4, -0.2) is 27.5 Å². The molecule has 3 rings (SSSR count). The summed E-state index contributed by atoms with van der Waals surface area (Å²) >= 11 is 0. The molecule has 0 fully saturated rings. The first-order chi connectivity index (χ1) is 12.8. The van der Waals surface area contributed by atoms with E-state index in [2.05, 4.69) is 10.3 Å².